The van der Waals surface area contributed by atoms with Crippen molar-refractivity contribution in [3.8, 4) is 0 Å². The lowest BCUT2D eigenvalue weighted by Crippen LogP contribution is -2.49. The van der Waals surface area contributed by atoms with Crippen molar-refractivity contribution >= 4 is 17.7 Å². The third-order valence-corrected chi connectivity index (χ3v) is 3.60. The fourth-order valence-corrected chi connectivity index (χ4v) is 2.32. The number of hydrogen-bond donors (Lipinski definition) is 2. The van der Waals surface area contributed by atoms with Crippen molar-refractivity contribution in [1.29, 1.82) is 0 Å². The van der Waals surface area contributed by atoms with Crippen molar-refractivity contribution in [1.82, 2.24) is 10.2 Å². The highest BCUT2D eigenvalue weighted by Crippen LogP contribution is 2.13. The topological polar surface area (TPSA) is 122 Å². The molecule has 0 aliphatic rings. The molecule has 0 spiro atoms. The van der Waals surface area contributed by atoms with Gasteiger partial charge in [0.1, 0.15) is 11.6 Å². The van der Waals surface area contributed by atoms with Crippen LogP contribution in [-0.4, -0.2) is 58.3 Å². The molecular formula is C18H27N3O6. The Morgan fingerprint density at radius 3 is 2.33 bits per heavy atom. The number of rotatable bonds is 8. The summed E-state index contributed by atoms with van der Waals surface area (Å²) in [6, 6.07) is 5.24. The zero-order chi connectivity index (χ0) is 20.6. The molecule has 0 aromatic heterocycles. The molecule has 0 radical (unpaired) electrons. The highest BCUT2D eigenvalue weighted by molar-refractivity contribution is 5.85. The number of aliphatic hydroxyl groups is 1. The van der Waals surface area contributed by atoms with Gasteiger partial charge in [-0.1, -0.05) is 12.1 Å². The monoisotopic (exact) mass is 381 g/mol. The maximum absolute atomic E-state index is 12.6. The Balaban J connectivity index is 2.66. The van der Waals surface area contributed by atoms with Crippen molar-refractivity contribution in [2.75, 3.05) is 19.7 Å². The zero-order valence-electron chi connectivity index (χ0n) is 16.1. The number of carbonyl (C=O) groups excluding carboxylic acids is 2. The van der Waals surface area contributed by atoms with E-state index in [0.29, 0.717) is 13.0 Å². The third kappa shape index (κ3) is 8.04. The Morgan fingerprint density at radius 2 is 1.85 bits per heavy atom. The lowest BCUT2D eigenvalue weighted by atomic mass is 10.1. The first kappa shape index (κ1) is 22.4. The van der Waals surface area contributed by atoms with E-state index in [1.54, 1.807) is 39.8 Å². The summed E-state index contributed by atoms with van der Waals surface area (Å²) in [5.41, 5.74) is 0.148. The Kier molecular flexibility index (Phi) is 8.17. The zero-order valence-corrected chi connectivity index (χ0v) is 16.1. The van der Waals surface area contributed by atoms with Crippen LogP contribution in [0, 0.1) is 10.1 Å². The quantitative estimate of drug-likeness (QED) is 0.524. The Labute approximate surface area is 158 Å². The Bertz CT molecular complexity index is 654. The highest BCUT2D eigenvalue weighted by Gasteiger charge is 2.24. The van der Waals surface area contributed by atoms with Gasteiger partial charge in [0.15, 0.2) is 0 Å². The fraction of sp³-hybridized carbons (Fsp3) is 0.556. The molecule has 0 heterocycles. The van der Waals surface area contributed by atoms with E-state index in [-0.39, 0.29) is 24.7 Å². The van der Waals surface area contributed by atoms with Gasteiger partial charge in [-0.15, -0.1) is 0 Å². The van der Waals surface area contributed by atoms with Gasteiger partial charge in [-0.2, -0.15) is 0 Å². The summed E-state index contributed by atoms with van der Waals surface area (Å²) >= 11 is 0. The van der Waals surface area contributed by atoms with Crippen LogP contribution in [0.25, 0.3) is 0 Å². The maximum atomic E-state index is 12.6. The average molecular weight is 381 g/mol. The molecule has 0 unspecified atom stereocenters. The minimum Gasteiger partial charge on any atom is -0.444 e. The minimum absolute atomic E-state index is 0.00257. The number of nitrogens with one attached hydrogen (secondary N) is 1. The Hall–Kier alpha value is -2.68. The van der Waals surface area contributed by atoms with Gasteiger partial charge >= 0.3 is 6.09 Å². The van der Waals surface area contributed by atoms with E-state index in [4.69, 9.17) is 4.74 Å². The second-order valence-electron chi connectivity index (χ2n) is 7.09. The van der Waals surface area contributed by atoms with Gasteiger partial charge in [0.05, 0.1) is 11.5 Å². The summed E-state index contributed by atoms with van der Waals surface area (Å²) in [5, 5.41) is 22.4. The number of hydrogen-bond acceptors (Lipinski definition) is 6. The first-order valence-corrected chi connectivity index (χ1v) is 8.66. The van der Waals surface area contributed by atoms with E-state index in [1.165, 1.54) is 17.0 Å². The maximum Gasteiger partial charge on any atom is 0.408 e. The molecule has 1 rings (SSSR count). The number of benzene rings is 1. The normalized spacial score (nSPS) is 12.2. The summed E-state index contributed by atoms with van der Waals surface area (Å²) in [6.45, 7) is 6.92. The molecular weight excluding hydrogens is 354 g/mol. The van der Waals surface area contributed by atoms with Gasteiger partial charge in [0.2, 0.25) is 5.91 Å². The summed E-state index contributed by atoms with van der Waals surface area (Å²) in [5.74, 6) is -0.350. The lowest BCUT2D eigenvalue weighted by Gasteiger charge is -2.27. The van der Waals surface area contributed by atoms with Crippen LogP contribution in [0.3, 0.4) is 0 Å². The summed E-state index contributed by atoms with van der Waals surface area (Å²) in [4.78, 5) is 36.0. The van der Waals surface area contributed by atoms with Gasteiger partial charge < -0.3 is 20.1 Å². The third-order valence-electron chi connectivity index (χ3n) is 3.60. The molecule has 0 aliphatic carbocycles. The average Bonchev–Trinajstić information content (AvgIpc) is 2.56. The van der Waals surface area contributed by atoms with Crippen molar-refractivity contribution < 1.29 is 24.4 Å². The molecule has 0 saturated carbocycles. The molecule has 1 aromatic rings. The molecule has 1 aromatic carbocycles. The van der Waals surface area contributed by atoms with Crippen molar-refractivity contribution in [2.45, 2.75) is 45.8 Å². The van der Waals surface area contributed by atoms with Crippen LogP contribution in [-0.2, 0) is 16.0 Å². The first-order chi connectivity index (χ1) is 12.5. The minimum atomic E-state index is -0.816. The number of carbonyl (C=O) groups is 2. The SMILES string of the molecule is C[C@@H](NC(=O)OC(C)(C)C)C(=O)N(CCO)CCc1ccc([N+](=O)[O-])cc1. The van der Waals surface area contributed by atoms with E-state index < -0.39 is 22.7 Å². The molecule has 0 fully saturated rings. The second kappa shape index (κ2) is 9.86. The fourth-order valence-electron chi connectivity index (χ4n) is 2.32. The number of non-ortho nitro benzene ring substituents is 1. The number of amides is 2. The van der Waals surface area contributed by atoms with Crippen LogP contribution in [0.2, 0.25) is 0 Å². The highest BCUT2D eigenvalue weighted by atomic mass is 16.6. The van der Waals surface area contributed by atoms with Crippen molar-refractivity contribution in [3.63, 3.8) is 0 Å². The number of ether oxygens (including phenoxy) is 1. The number of aliphatic hydroxyl groups excluding tert-OH is 1. The van der Waals surface area contributed by atoms with Crippen molar-refractivity contribution in [3.05, 3.63) is 39.9 Å². The van der Waals surface area contributed by atoms with Crippen LogP contribution >= 0.6 is 0 Å². The summed E-state index contributed by atoms with van der Waals surface area (Å²) < 4.78 is 5.13. The van der Waals surface area contributed by atoms with Gasteiger partial charge in [0.25, 0.3) is 5.69 Å². The summed E-state index contributed by atoms with van der Waals surface area (Å²) in [6.07, 6.45) is -0.231. The standard InChI is InChI=1S/C18H27N3O6/c1-13(19-17(24)27-18(2,3)4)16(23)20(11-12-22)10-9-14-5-7-15(8-6-14)21(25)26/h5-8,13,22H,9-12H2,1-4H3,(H,19,24)/t13-/m1/s1. The van der Waals surface area contributed by atoms with Crippen LogP contribution in [0.15, 0.2) is 24.3 Å². The van der Waals surface area contributed by atoms with E-state index >= 15 is 0 Å². The van der Waals surface area contributed by atoms with E-state index in [0.717, 1.165) is 5.56 Å². The van der Waals surface area contributed by atoms with Crippen LogP contribution in [0.4, 0.5) is 10.5 Å². The van der Waals surface area contributed by atoms with Gasteiger partial charge in [0, 0.05) is 25.2 Å². The molecule has 9 nitrogen and oxygen atoms in total. The lowest BCUT2D eigenvalue weighted by molar-refractivity contribution is -0.384. The smallest absolute Gasteiger partial charge is 0.408 e. The molecule has 150 valence electrons. The Morgan fingerprint density at radius 1 is 1.26 bits per heavy atom. The molecule has 0 bridgehead atoms. The van der Waals surface area contributed by atoms with Gasteiger partial charge in [-0.3, -0.25) is 14.9 Å². The van der Waals surface area contributed by atoms with E-state index in [2.05, 4.69) is 5.32 Å². The van der Waals surface area contributed by atoms with Crippen LogP contribution in [0.1, 0.15) is 33.3 Å². The first-order valence-electron chi connectivity index (χ1n) is 8.66. The molecule has 1 atom stereocenters. The van der Waals surface area contributed by atoms with Crippen LogP contribution in [0.5, 0.6) is 0 Å². The molecule has 0 saturated heterocycles. The second-order valence-corrected chi connectivity index (χ2v) is 7.09. The number of nitro groups is 1. The van der Waals surface area contributed by atoms with Crippen molar-refractivity contribution in [2.24, 2.45) is 0 Å². The largest absolute Gasteiger partial charge is 0.444 e. The number of nitrogens with zero attached hydrogens (tertiary/aromatic N) is 2. The predicted octanol–water partition coefficient (Wildman–Crippen LogP) is 1.87. The molecule has 9 heteroatoms. The molecule has 0 aliphatic heterocycles. The number of nitro benzene ring substituents is 1. The number of alkyl carbamates (subject to hydrolysis) is 1. The predicted molar refractivity (Wildman–Crippen MR) is 99.3 cm³/mol. The van der Waals surface area contributed by atoms with Crippen LogP contribution < -0.4 is 5.32 Å². The summed E-state index contributed by atoms with van der Waals surface area (Å²) in [7, 11) is 0. The van der Waals surface area contributed by atoms with Gasteiger partial charge in [-0.05, 0) is 39.7 Å². The molecule has 27 heavy (non-hydrogen) atoms. The van der Waals surface area contributed by atoms with E-state index in [1.807, 2.05) is 0 Å². The van der Waals surface area contributed by atoms with Gasteiger partial charge in [-0.25, -0.2) is 4.79 Å². The van der Waals surface area contributed by atoms with E-state index in [9.17, 15) is 24.8 Å². The molecule has 2 N–H and O–H groups in total. The molecule has 2 amide bonds.